The molecule has 0 amide bonds. The van der Waals surface area contributed by atoms with Gasteiger partial charge in [-0.05, 0) is 31.2 Å². The fourth-order valence-electron chi connectivity index (χ4n) is 2.85. The largest absolute Gasteiger partial charge is 0.352 e. The van der Waals surface area contributed by atoms with Gasteiger partial charge in [-0.25, -0.2) is 9.38 Å². The Kier molecular flexibility index (Phi) is 3.86. The molecular weight excluding hydrogens is 334 g/mol. The minimum Gasteiger partial charge on any atom is -0.352 e. The van der Waals surface area contributed by atoms with Crippen molar-refractivity contribution in [1.29, 1.82) is 0 Å². The van der Waals surface area contributed by atoms with E-state index < -0.39 is 0 Å². The van der Waals surface area contributed by atoms with Gasteiger partial charge in [0, 0.05) is 17.5 Å². The summed E-state index contributed by atoms with van der Waals surface area (Å²) in [5.74, 6) is 1.31. The highest BCUT2D eigenvalue weighted by Gasteiger charge is 2.17. The third kappa shape index (κ3) is 2.62. The third-order valence-electron chi connectivity index (χ3n) is 4.01. The number of anilines is 1. The number of nitrogens with zero attached hydrogens (tertiary/aromatic N) is 4. The van der Waals surface area contributed by atoms with Gasteiger partial charge >= 0.3 is 0 Å². The Balaban J connectivity index is 2.08. The van der Waals surface area contributed by atoms with Gasteiger partial charge in [-0.2, -0.15) is 0 Å². The molecular formula is C19H16ClN5. The van der Waals surface area contributed by atoms with Crippen molar-refractivity contribution < 1.29 is 0 Å². The molecule has 4 rings (SSSR count). The molecule has 2 aromatic carbocycles. The standard InChI is InChI=1S/C19H16ClN5/c1-3-10-21-19-22-16-9-8-12(2)11-14(16)18-24-23-17(25(18)19)13-6-4-5-7-15(13)20/h3-9,11H,1,10H2,2H3,(H,21,22). The van der Waals surface area contributed by atoms with Gasteiger partial charge < -0.3 is 5.32 Å². The molecule has 2 aromatic heterocycles. The molecule has 0 aliphatic heterocycles. The summed E-state index contributed by atoms with van der Waals surface area (Å²) in [6, 6.07) is 13.7. The summed E-state index contributed by atoms with van der Waals surface area (Å²) in [5, 5.41) is 13.7. The second-order valence-corrected chi connectivity index (χ2v) is 6.20. The predicted molar refractivity (Wildman–Crippen MR) is 102 cm³/mol. The third-order valence-corrected chi connectivity index (χ3v) is 4.34. The molecule has 0 bridgehead atoms. The van der Waals surface area contributed by atoms with Crippen molar-refractivity contribution in [2.45, 2.75) is 6.92 Å². The number of nitrogens with one attached hydrogen (secondary N) is 1. The highest BCUT2D eigenvalue weighted by Crippen LogP contribution is 2.30. The van der Waals surface area contributed by atoms with Crippen LogP contribution in [0.1, 0.15) is 5.56 Å². The molecule has 1 N–H and O–H groups in total. The summed E-state index contributed by atoms with van der Waals surface area (Å²) in [5.41, 5.74) is 3.57. The van der Waals surface area contributed by atoms with Crippen LogP contribution in [0.5, 0.6) is 0 Å². The first-order valence-electron chi connectivity index (χ1n) is 7.94. The van der Waals surface area contributed by atoms with E-state index in [1.54, 1.807) is 6.08 Å². The molecule has 0 saturated carbocycles. The first-order valence-corrected chi connectivity index (χ1v) is 8.32. The maximum Gasteiger partial charge on any atom is 0.211 e. The average Bonchev–Trinajstić information content (AvgIpc) is 3.06. The Labute approximate surface area is 150 Å². The lowest BCUT2D eigenvalue weighted by Gasteiger charge is -2.11. The molecule has 0 radical (unpaired) electrons. The molecule has 2 heterocycles. The summed E-state index contributed by atoms with van der Waals surface area (Å²) < 4.78 is 1.91. The van der Waals surface area contributed by atoms with Crippen LogP contribution in [0.3, 0.4) is 0 Å². The molecule has 0 saturated heterocycles. The lowest BCUT2D eigenvalue weighted by atomic mass is 10.1. The first-order chi connectivity index (χ1) is 12.2. The molecule has 5 nitrogen and oxygen atoms in total. The highest BCUT2D eigenvalue weighted by atomic mass is 35.5. The van der Waals surface area contributed by atoms with Crippen LogP contribution in [0.15, 0.2) is 55.1 Å². The lowest BCUT2D eigenvalue weighted by molar-refractivity contribution is 1.07. The van der Waals surface area contributed by atoms with E-state index in [-0.39, 0.29) is 0 Å². The number of aryl methyl sites for hydroxylation is 1. The fourth-order valence-corrected chi connectivity index (χ4v) is 3.07. The van der Waals surface area contributed by atoms with Crippen molar-refractivity contribution in [3.63, 3.8) is 0 Å². The molecule has 0 fully saturated rings. The number of hydrogen-bond acceptors (Lipinski definition) is 4. The second kappa shape index (κ2) is 6.18. The van der Waals surface area contributed by atoms with Gasteiger partial charge in [0.2, 0.25) is 5.95 Å². The minimum absolute atomic E-state index is 0.583. The molecule has 0 unspecified atom stereocenters. The van der Waals surface area contributed by atoms with E-state index in [4.69, 9.17) is 16.6 Å². The van der Waals surface area contributed by atoms with Gasteiger partial charge in [-0.15, -0.1) is 16.8 Å². The Morgan fingerprint density at radius 3 is 2.84 bits per heavy atom. The number of halogens is 1. The Hall–Kier alpha value is -2.92. The number of hydrogen-bond donors (Lipinski definition) is 1. The fraction of sp³-hybridized carbons (Fsp3) is 0.105. The molecule has 124 valence electrons. The van der Waals surface area contributed by atoms with Crippen molar-refractivity contribution in [2.24, 2.45) is 0 Å². The van der Waals surface area contributed by atoms with Crippen LogP contribution in [-0.4, -0.2) is 26.1 Å². The van der Waals surface area contributed by atoms with Crippen LogP contribution in [0.25, 0.3) is 27.9 Å². The molecule has 25 heavy (non-hydrogen) atoms. The van der Waals surface area contributed by atoms with Gasteiger partial charge in [0.25, 0.3) is 0 Å². The van der Waals surface area contributed by atoms with E-state index in [0.29, 0.717) is 23.3 Å². The SMILES string of the molecule is C=CCNc1nc2ccc(C)cc2c2nnc(-c3ccccc3Cl)n12. The lowest BCUT2D eigenvalue weighted by Crippen LogP contribution is -2.08. The van der Waals surface area contributed by atoms with E-state index >= 15 is 0 Å². The van der Waals surface area contributed by atoms with Crippen LogP contribution in [0.4, 0.5) is 5.95 Å². The van der Waals surface area contributed by atoms with Crippen LogP contribution in [0, 0.1) is 6.92 Å². The predicted octanol–water partition coefficient (Wildman–Crippen LogP) is 4.50. The first kappa shape index (κ1) is 15.6. The zero-order chi connectivity index (χ0) is 17.4. The summed E-state index contributed by atoms with van der Waals surface area (Å²) in [6.45, 7) is 6.39. The van der Waals surface area contributed by atoms with Crippen LogP contribution < -0.4 is 5.32 Å². The normalized spacial score (nSPS) is 11.1. The Morgan fingerprint density at radius 2 is 2.04 bits per heavy atom. The van der Waals surface area contributed by atoms with Gasteiger partial charge in [0.1, 0.15) is 0 Å². The van der Waals surface area contributed by atoms with Crippen molar-refractivity contribution in [2.75, 3.05) is 11.9 Å². The Morgan fingerprint density at radius 1 is 1.20 bits per heavy atom. The Bertz CT molecular complexity index is 1100. The van der Waals surface area contributed by atoms with E-state index in [1.807, 2.05) is 47.7 Å². The minimum atomic E-state index is 0.583. The summed E-state index contributed by atoms with van der Waals surface area (Å²) in [6.07, 6.45) is 1.78. The van der Waals surface area contributed by atoms with Crippen LogP contribution in [-0.2, 0) is 0 Å². The molecule has 0 aliphatic carbocycles. The quantitative estimate of drug-likeness (QED) is 0.551. The number of benzene rings is 2. The number of rotatable bonds is 4. The van der Waals surface area contributed by atoms with Gasteiger partial charge in [-0.1, -0.05) is 41.4 Å². The van der Waals surface area contributed by atoms with E-state index in [1.165, 1.54) is 0 Å². The van der Waals surface area contributed by atoms with E-state index in [9.17, 15) is 0 Å². The van der Waals surface area contributed by atoms with E-state index in [0.717, 1.165) is 27.7 Å². The topological polar surface area (TPSA) is 55.1 Å². The highest BCUT2D eigenvalue weighted by molar-refractivity contribution is 6.33. The van der Waals surface area contributed by atoms with Crippen molar-refractivity contribution >= 4 is 34.1 Å². The summed E-state index contributed by atoms with van der Waals surface area (Å²) in [4.78, 5) is 4.75. The number of fused-ring (bicyclic) bond motifs is 3. The average molecular weight is 350 g/mol. The van der Waals surface area contributed by atoms with Gasteiger partial charge in [-0.3, -0.25) is 0 Å². The summed E-state index contributed by atoms with van der Waals surface area (Å²) in [7, 11) is 0. The van der Waals surface area contributed by atoms with Gasteiger partial charge in [0.15, 0.2) is 11.5 Å². The van der Waals surface area contributed by atoms with Crippen molar-refractivity contribution in [3.8, 4) is 11.4 Å². The smallest absolute Gasteiger partial charge is 0.211 e. The van der Waals surface area contributed by atoms with Crippen LogP contribution in [0.2, 0.25) is 5.02 Å². The van der Waals surface area contributed by atoms with Crippen molar-refractivity contribution in [3.05, 3.63) is 65.7 Å². The maximum absolute atomic E-state index is 6.38. The van der Waals surface area contributed by atoms with Gasteiger partial charge in [0.05, 0.1) is 10.5 Å². The zero-order valence-electron chi connectivity index (χ0n) is 13.7. The maximum atomic E-state index is 6.38. The van der Waals surface area contributed by atoms with Crippen LogP contribution >= 0.6 is 11.6 Å². The van der Waals surface area contributed by atoms with Crippen molar-refractivity contribution in [1.82, 2.24) is 19.6 Å². The zero-order valence-corrected chi connectivity index (χ0v) is 14.5. The molecule has 0 aliphatic rings. The second-order valence-electron chi connectivity index (χ2n) is 5.79. The number of aromatic nitrogens is 4. The molecule has 0 spiro atoms. The molecule has 4 aromatic rings. The monoisotopic (exact) mass is 349 g/mol. The summed E-state index contributed by atoms with van der Waals surface area (Å²) >= 11 is 6.38. The van der Waals surface area contributed by atoms with E-state index in [2.05, 4.69) is 28.2 Å². The molecule has 6 heteroatoms. The molecule has 0 atom stereocenters.